The van der Waals surface area contributed by atoms with Crippen LogP contribution in [0, 0.1) is 0 Å². The zero-order valence-electron chi connectivity index (χ0n) is 17.9. The molecule has 0 aliphatic heterocycles. The lowest BCUT2D eigenvalue weighted by Crippen LogP contribution is -2.41. The Hall–Kier alpha value is -2.69. The van der Waals surface area contributed by atoms with Gasteiger partial charge in [-0.2, -0.15) is 4.72 Å². The molecule has 3 aromatic rings. The van der Waals surface area contributed by atoms with E-state index in [1.165, 1.54) is 12.1 Å². The van der Waals surface area contributed by atoms with Crippen LogP contribution in [-0.4, -0.2) is 39.7 Å². The Bertz CT molecular complexity index is 1380. The highest BCUT2D eigenvalue weighted by Gasteiger charge is 2.28. The molecule has 0 saturated carbocycles. The van der Waals surface area contributed by atoms with E-state index in [0.29, 0.717) is 11.1 Å². The van der Waals surface area contributed by atoms with Gasteiger partial charge in [0.2, 0.25) is 10.0 Å². The molecule has 1 heterocycles. The van der Waals surface area contributed by atoms with Crippen LogP contribution < -0.4 is 4.72 Å². The number of aliphatic carboxylic acids is 1. The van der Waals surface area contributed by atoms with Gasteiger partial charge in [0, 0.05) is 23.4 Å². The minimum absolute atomic E-state index is 0.125. The second-order valence-corrected chi connectivity index (χ2v) is 12.1. The second-order valence-electron chi connectivity index (χ2n) is 8.25. The molecular weight excluding hydrogens is 466 g/mol. The van der Waals surface area contributed by atoms with Crippen molar-refractivity contribution in [3.05, 3.63) is 65.4 Å². The van der Waals surface area contributed by atoms with Crippen LogP contribution >= 0.6 is 0 Å². The van der Waals surface area contributed by atoms with E-state index in [2.05, 4.69) is 4.72 Å². The summed E-state index contributed by atoms with van der Waals surface area (Å²) in [7, 11) is -7.84. The van der Waals surface area contributed by atoms with E-state index in [1.807, 2.05) is 0 Å². The van der Waals surface area contributed by atoms with Gasteiger partial charge in [-0.1, -0.05) is 30.3 Å². The maximum Gasteiger partial charge on any atom is 0.321 e. The zero-order chi connectivity index (χ0) is 23.6. The van der Waals surface area contributed by atoms with Crippen molar-refractivity contribution in [1.82, 2.24) is 4.72 Å². The third kappa shape index (κ3) is 5.45. The Morgan fingerprint density at radius 3 is 2.48 bits per heavy atom. The van der Waals surface area contributed by atoms with Crippen LogP contribution in [0.15, 0.2) is 57.8 Å². The summed E-state index contributed by atoms with van der Waals surface area (Å²) in [5.41, 5.74) is 2.13. The molecule has 33 heavy (non-hydrogen) atoms. The van der Waals surface area contributed by atoms with Gasteiger partial charge < -0.3 is 9.52 Å². The van der Waals surface area contributed by atoms with Crippen LogP contribution in [0.1, 0.15) is 36.1 Å². The number of carboxylic acid groups (broad SMARTS) is 1. The second kappa shape index (κ2) is 9.28. The first-order valence-electron chi connectivity index (χ1n) is 10.7. The van der Waals surface area contributed by atoms with Crippen molar-refractivity contribution < 1.29 is 31.2 Å². The van der Waals surface area contributed by atoms with Crippen molar-refractivity contribution in [2.75, 3.05) is 5.75 Å². The van der Waals surface area contributed by atoms with Gasteiger partial charge in [0.15, 0.2) is 9.84 Å². The summed E-state index contributed by atoms with van der Waals surface area (Å²) in [6.45, 7) is 0. The number of sulfone groups is 1. The molecule has 1 aromatic heterocycles. The zero-order valence-corrected chi connectivity index (χ0v) is 19.5. The number of carboxylic acids is 1. The third-order valence-electron chi connectivity index (χ3n) is 5.78. The lowest BCUT2D eigenvalue weighted by atomic mass is 9.96. The molecule has 1 atom stereocenters. The lowest BCUT2D eigenvalue weighted by Gasteiger charge is -2.15. The minimum Gasteiger partial charge on any atom is -0.480 e. The van der Waals surface area contributed by atoms with Crippen LogP contribution in [0.2, 0.25) is 0 Å². The molecule has 176 valence electrons. The van der Waals surface area contributed by atoms with Gasteiger partial charge >= 0.3 is 5.97 Å². The molecule has 0 fully saturated rings. The van der Waals surface area contributed by atoms with E-state index in [4.69, 9.17) is 4.42 Å². The molecule has 1 aliphatic carbocycles. The highest BCUT2D eigenvalue weighted by Crippen LogP contribution is 2.33. The van der Waals surface area contributed by atoms with Gasteiger partial charge in [-0.3, -0.25) is 4.79 Å². The molecule has 4 rings (SSSR count). The summed E-state index contributed by atoms with van der Waals surface area (Å²) in [6, 6.07) is 11.4. The Morgan fingerprint density at radius 2 is 1.76 bits per heavy atom. The quantitative estimate of drug-likeness (QED) is 0.470. The van der Waals surface area contributed by atoms with Crippen LogP contribution in [-0.2, 0) is 43.2 Å². The van der Waals surface area contributed by atoms with Crippen molar-refractivity contribution in [3.8, 4) is 0 Å². The number of furan rings is 1. The first kappa shape index (κ1) is 23.5. The average molecular weight is 492 g/mol. The van der Waals surface area contributed by atoms with Gasteiger partial charge in [-0.25, -0.2) is 16.8 Å². The maximum atomic E-state index is 12.9. The molecule has 10 heteroatoms. The minimum atomic E-state index is -4.21. The van der Waals surface area contributed by atoms with E-state index < -0.39 is 37.6 Å². The van der Waals surface area contributed by atoms with Crippen molar-refractivity contribution >= 4 is 36.8 Å². The monoisotopic (exact) mass is 491 g/mol. The van der Waals surface area contributed by atoms with Crippen LogP contribution in [0.5, 0.6) is 0 Å². The molecule has 2 N–H and O–H groups in total. The van der Waals surface area contributed by atoms with E-state index in [1.54, 1.807) is 36.4 Å². The van der Waals surface area contributed by atoms with Crippen molar-refractivity contribution in [2.45, 2.75) is 48.8 Å². The molecule has 8 nitrogen and oxygen atoms in total. The Labute approximate surface area is 192 Å². The van der Waals surface area contributed by atoms with Crippen LogP contribution in [0.25, 0.3) is 11.0 Å². The Morgan fingerprint density at radius 1 is 1.03 bits per heavy atom. The van der Waals surface area contributed by atoms with Gasteiger partial charge in [0.05, 0.1) is 16.4 Å². The number of sulfonamides is 1. The topological polar surface area (TPSA) is 131 Å². The number of benzene rings is 2. The van der Waals surface area contributed by atoms with E-state index in [-0.39, 0.29) is 17.1 Å². The lowest BCUT2D eigenvalue weighted by molar-refractivity contribution is -0.139. The van der Waals surface area contributed by atoms with Gasteiger partial charge in [-0.15, -0.1) is 0 Å². The molecular formula is C23H25NO7S2. The van der Waals surface area contributed by atoms with Crippen LogP contribution in [0.4, 0.5) is 0 Å². The number of aryl methyl sites for hydroxylation is 2. The summed E-state index contributed by atoms with van der Waals surface area (Å²) in [5.74, 6) is -1.29. The van der Waals surface area contributed by atoms with Crippen molar-refractivity contribution in [2.24, 2.45) is 0 Å². The Kier molecular flexibility index (Phi) is 6.60. The number of rotatable bonds is 9. The summed E-state index contributed by atoms with van der Waals surface area (Å²) >= 11 is 0. The molecule has 0 radical (unpaired) electrons. The van der Waals surface area contributed by atoms with Gasteiger partial charge in [0.25, 0.3) is 0 Å². The molecule has 0 amide bonds. The SMILES string of the molecule is O=C(O)[C@@H](CCS(=O)(=O)Cc1ccccc1)NS(=O)(=O)c1ccc2c3c(oc2c1)CCCC3. The van der Waals surface area contributed by atoms with E-state index in [9.17, 15) is 26.7 Å². The van der Waals surface area contributed by atoms with E-state index >= 15 is 0 Å². The molecule has 0 spiro atoms. The first-order valence-corrected chi connectivity index (χ1v) is 14.0. The van der Waals surface area contributed by atoms with Crippen molar-refractivity contribution in [3.63, 3.8) is 0 Å². The summed E-state index contributed by atoms with van der Waals surface area (Å²) < 4.78 is 58.6. The predicted molar refractivity (Wildman–Crippen MR) is 123 cm³/mol. The fraction of sp³-hybridized carbons (Fsp3) is 0.348. The Balaban J connectivity index is 1.49. The van der Waals surface area contributed by atoms with Gasteiger partial charge in [0.1, 0.15) is 17.4 Å². The number of fused-ring (bicyclic) bond motifs is 3. The molecule has 0 saturated heterocycles. The number of carbonyl (C=O) groups is 1. The number of hydrogen-bond donors (Lipinski definition) is 2. The fourth-order valence-electron chi connectivity index (χ4n) is 4.10. The normalized spacial score (nSPS) is 15.3. The first-order chi connectivity index (χ1) is 15.6. The third-order valence-corrected chi connectivity index (χ3v) is 8.88. The summed E-state index contributed by atoms with van der Waals surface area (Å²) in [4.78, 5) is 11.6. The molecule has 0 unspecified atom stereocenters. The summed E-state index contributed by atoms with van der Waals surface area (Å²) in [6.07, 6.45) is 3.37. The van der Waals surface area contributed by atoms with Crippen molar-refractivity contribution in [1.29, 1.82) is 0 Å². The predicted octanol–water partition coefficient (Wildman–Crippen LogP) is 3.05. The van der Waals surface area contributed by atoms with E-state index in [0.717, 1.165) is 42.4 Å². The molecule has 0 bridgehead atoms. The van der Waals surface area contributed by atoms with Gasteiger partial charge in [-0.05, 0) is 43.4 Å². The smallest absolute Gasteiger partial charge is 0.321 e. The molecule has 2 aromatic carbocycles. The molecule has 1 aliphatic rings. The van der Waals surface area contributed by atoms with Crippen LogP contribution in [0.3, 0.4) is 0 Å². The highest BCUT2D eigenvalue weighted by atomic mass is 32.2. The average Bonchev–Trinajstić information content (AvgIpc) is 3.15. The largest absolute Gasteiger partial charge is 0.480 e. The highest BCUT2D eigenvalue weighted by molar-refractivity contribution is 7.90. The number of nitrogens with one attached hydrogen (secondary N) is 1. The summed E-state index contributed by atoms with van der Waals surface area (Å²) in [5, 5.41) is 10.4. The standard InChI is InChI=1S/C23H25NO7S2/c25-23(26)20(12-13-32(27,28)15-16-6-2-1-3-7-16)24-33(29,30)17-10-11-19-18-8-4-5-9-21(18)31-22(19)14-17/h1-3,6-7,10-11,14,20,24H,4-5,8-9,12-13,15H2,(H,25,26)/t20-/m1/s1. The maximum absolute atomic E-state index is 12.9. The fourth-order valence-corrected chi connectivity index (χ4v) is 6.78. The number of hydrogen-bond acceptors (Lipinski definition) is 6.